The molecule has 0 aliphatic carbocycles. The van der Waals surface area contributed by atoms with E-state index in [0.29, 0.717) is 0 Å². The number of fused-ring (bicyclic) bond motifs is 15. The van der Waals surface area contributed by atoms with Crippen LogP contribution in [0.3, 0.4) is 0 Å². The van der Waals surface area contributed by atoms with Crippen molar-refractivity contribution in [2.75, 3.05) is 0 Å². The number of benzene rings is 9. The molecule has 6 aromatic heterocycles. The van der Waals surface area contributed by atoms with Crippen LogP contribution in [0.15, 0.2) is 215 Å². The molecule has 0 spiro atoms. The van der Waals surface area contributed by atoms with Crippen LogP contribution in [0.1, 0.15) is 0 Å². The average Bonchev–Trinajstić information content (AvgIpc) is 4.17. The molecule has 0 radical (unpaired) electrons. The van der Waals surface area contributed by atoms with Gasteiger partial charge in [-0.25, -0.2) is 0 Å². The second-order valence-electron chi connectivity index (χ2n) is 17.1. The summed E-state index contributed by atoms with van der Waals surface area (Å²) < 4.78 is 19.8. The highest BCUT2D eigenvalue weighted by molar-refractivity contribution is 6.15. The minimum atomic E-state index is 0.794. The summed E-state index contributed by atoms with van der Waals surface area (Å²) in [5.41, 5.74) is 16.8. The average molecular weight is 831 g/mol. The van der Waals surface area contributed by atoms with Gasteiger partial charge in [-0.05, 0) is 126 Å². The van der Waals surface area contributed by atoms with E-state index in [1.807, 2.05) is 18.3 Å². The van der Waals surface area contributed by atoms with Crippen LogP contribution < -0.4 is 0 Å². The minimum absolute atomic E-state index is 0.794. The van der Waals surface area contributed by atoms with Gasteiger partial charge in [-0.2, -0.15) is 0 Å². The Morgan fingerprint density at radius 2 is 0.662 bits per heavy atom. The summed E-state index contributed by atoms with van der Waals surface area (Å²) in [4.78, 5) is 4.65. The zero-order chi connectivity index (χ0) is 42.3. The maximum atomic E-state index is 6.52. The van der Waals surface area contributed by atoms with Gasteiger partial charge in [0.05, 0.1) is 33.1 Å². The van der Waals surface area contributed by atoms with Gasteiger partial charge in [-0.15, -0.1) is 0 Å². The first-order chi connectivity index (χ1) is 32.2. The lowest BCUT2D eigenvalue weighted by Crippen LogP contribution is -1.95. The van der Waals surface area contributed by atoms with Gasteiger partial charge in [-0.1, -0.05) is 84.9 Å². The summed E-state index contributed by atoms with van der Waals surface area (Å²) in [6.07, 6.45) is 1.82. The molecule has 65 heavy (non-hydrogen) atoms. The van der Waals surface area contributed by atoms with Crippen molar-refractivity contribution in [2.45, 2.75) is 0 Å². The van der Waals surface area contributed by atoms with Gasteiger partial charge in [0.2, 0.25) is 0 Å². The first-order valence-electron chi connectivity index (χ1n) is 22.0. The van der Waals surface area contributed by atoms with Crippen molar-refractivity contribution in [1.29, 1.82) is 0 Å². The lowest BCUT2D eigenvalue weighted by molar-refractivity contribution is 0.668. The molecule has 0 unspecified atom stereocenters. The summed E-state index contributed by atoms with van der Waals surface area (Å²) in [5, 5.41) is 10.5. The molecule has 0 fully saturated rings. The molecule has 6 nitrogen and oxygen atoms in total. The second kappa shape index (κ2) is 12.8. The van der Waals surface area contributed by atoms with E-state index in [1.54, 1.807) is 0 Å². The SMILES string of the molecule is c1cnc2c(c1)oc1ccc(-n3c4ccccc4c4cc(-c5ccc6oc7ccc(-n8c9ccccc9c9cc(-n%10c%11ccccc%11c%11ccccc%11%10)ccc98)cc7c6c5)ccc43)cc12. The number of para-hydroxylation sites is 4. The first kappa shape index (κ1) is 34.7. The molecule has 15 aromatic rings. The van der Waals surface area contributed by atoms with E-state index in [1.165, 1.54) is 43.4 Å². The number of hydrogen-bond donors (Lipinski definition) is 0. The molecule has 6 heteroatoms. The third-order valence-electron chi connectivity index (χ3n) is 13.7. The number of rotatable bonds is 4. The van der Waals surface area contributed by atoms with Crippen molar-refractivity contribution < 1.29 is 8.83 Å². The maximum absolute atomic E-state index is 6.52. The summed E-state index contributed by atoms with van der Waals surface area (Å²) in [5.74, 6) is 0. The van der Waals surface area contributed by atoms with E-state index in [0.717, 1.165) is 94.3 Å². The van der Waals surface area contributed by atoms with Crippen molar-refractivity contribution in [3.05, 3.63) is 206 Å². The van der Waals surface area contributed by atoms with Crippen molar-refractivity contribution in [3.8, 4) is 28.2 Å². The summed E-state index contributed by atoms with van der Waals surface area (Å²) in [6.45, 7) is 0. The van der Waals surface area contributed by atoms with E-state index < -0.39 is 0 Å². The van der Waals surface area contributed by atoms with Crippen LogP contribution in [0.4, 0.5) is 0 Å². The van der Waals surface area contributed by atoms with Gasteiger partial charge in [-0.3, -0.25) is 4.98 Å². The number of pyridine rings is 1. The fourth-order valence-electron chi connectivity index (χ4n) is 10.8. The monoisotopic (exact) mass is 830 g/mol. The van der Waals surface area contributed by atoms with E-state index >= 15 is 0 Å². The van der Waals surface area contributed by atoms with Gasteiger partial charge >= 0.3 is 0 Å². The van der Waals surface area contributed by atoms with Gasteiger partial charge in [0.25, 0.3) is 0 Å². The van der Waals surface area contributed by atoms with Crippen LogP contribution in [-0.4, -0.2) is 18.7 Å². The molecule has 15 rings (SSSR count). The number of nitrogens with zero attached hydrogens (tertiary/aromatic N) is 4. The quantitative estimate of drug-likeness (QED) is 0.178. The maximum Gasteiger partial charge on any atom is 0.153 e. The van der Waals surface area contributed by atoms with Crippen LogP contribution in [0, 0.1) is 0 Å². The largest absolute Gasteiger partial charge is 0.456 e. The first-order valence-corrected chi connectivity index (χ1v) is 22.0. The highest BCUT2D eigenvalue weighted by Gasteiger charge is 2.19. The van der Waals surface area contributed by atoms with Gasteiger partial charge in [0, 0.05) is 71.7 Å². The van der Waals surface area contributed by atoms with Crippen molar-refractivity contribution in [3.63, 3.8) is 0 Å². The van der Waals surface area contributed by atoms with Crippen LogP contribution in [-0.2, 0) is 0 Å². The molecular formula is C59H34N4O2. The van der Waals surface area contributed by atoms with E-state index in [9.17, 15) is 0 Å². The third kappa shape index (κ3) is 4.85. The van der Waals surface area contributed by atoms with Crippen LogP contribution in [0.5, 0.6) is 0 Å². The van der Waals surface area contributed by atoms with E-state index in [4.69, 9.17) is 8.83 Å². The van der Waals surface area contributed by atoms with Crippen LogP contribution in [0.25, 0.3) is 138 Å². The lowest BCUT2D eigenvalue weighted by atomic mass is 10.0. The normalized spacial score (nSPS) is 12.3. The second-order valence-corrected chi connectivity index (χ2v) is 17.1. The summed E-state index contributed by atoms with van der Waals surface area (Å²) in [6, 6.07) is 72.0. The molecule has 0 N–H and O–H groups in total. The Bertz CT molecular complexity index is 4440. The predicted octanol–water partition coefficient (Wildman–Crippen LogP) is 15.8. The zero-order valence-electron chi connectivity index (χ0n) is 34.7. The topological polar surface area (TPSA) is 54.0 Å². The van der Waals surface area contributed by atoms with Crippen molar-refractivity contribution >= 4 is 109 Å². The van der Waals surface area contributed by atoms with Crippen molar-refractivity contribution in [1.82, 2.24) is 18.7 Å². The van der Waals surface area contributed by atoms with Gasteiger partial charge in [0.1, 0.15) is 22.3 Å². The molecule has 0 amide bonds. The number of furan rings is 2. The van der Waals surface area contributed by atoms with E-state index in [-0.39, 0.29) is 0 Å². The zero-order valence-corrected chi connectivity index (χ0v) is 34.7. The van der Waals surface area contributed by atoms with Crippen LogP contribution in [0.2, 0.25) is 0 Å². The standard InChI is InChI=1S/C59H34N4O2/c1-5-14-49-40(10-1)41-11-2-6-15-50(41)61(49)37-21-25-54-45(32-37)43-13-4-8-17-52(43)62(54)38-22-27-56-47(33-38)46-31-36(20-26-55(46)64-56)35-19-24-53-44(30-35)42-12-3-7-16-51(42)63(53)39-23-28-57-48(34-39)59-58(65-57)18-9-29-60-59/h1-34H. The minimum Gasteiger partial charge on any atom is -0.456 e. The molecule has 9 aromatic carbocycles. The van der Waals surface area contributed by atoms with Crippen LogP contribution >= 0.6 is 0 Å². The summed E-state index contributed by atoms with van der Waals surface area (Å²) >= 11 is 0. The number of aromatic nitrogens is 4. The lowest BCUT2D eigenvalue weighted by Gasteiger charge is -2.10. The molecule has 0 saturated heterocycles. The Labute approximate surface area is 370 Å². The fourth-order valence-corrected chi connectivity index (χ4v) is 10.8. The van der Waals surface area contributed by atoms with Crippen molar-refractivity contribution in [2.24, 2.45) is 0 Å². The molecule has 0 atom stereocenters. The molecule has 0 saturated carbocycles. The Hall–Kier alpha value is -8.87. The Morgan fingerprint density at radius 1 is 0.277 bits per heavy atom. The third-order valence-corrected chi connectivity index (χ3v) is 13.7. The van der Waals surface area contributed by atoms with E-state index in [2.05, 4.69) is 207 Å². The predicted molar refractivity (Wildman–Crippen MR) is 267 cm³/mol. The Kier molecular flexibility index (Phi) is 6.86. The highest BCUT2D eigenvalue weighted by Crippen LogP contribution is 2.41. The van der Waals surface area contributed by atoms with Gasteiger partial charge in [0.15, 0.2) is 5.58 Å². The Morgan fingerprint density at radius 3 is 1.26 bits per heavy atom. The molecule has 0 bridgehead atoms. The fraction of sp³-hybridized carbons (Fsp3) is 0. The molecule has 0 aliphatic rings. The Balaban J connectivity index is 0.868. The molecule has 0 aliphatic heterocycles. The molecule has 6 heterocycles. The van der Waals surface area contributed by atoms with Gasteiger partial charge < -0.3 is 22.5 Å². The summed E-state index contributed by atoms with van der Waals surface area (Å²) in [7, 11) is 0. The highest BCUT2D eigenvalue weighted by atomic mass is 16.3. The molecular weight excluding hydrogens is 797 g/mol. The molecule has 302 valence electrons. The number of hydrogen-bond acceptors (Lipinski definition) is 3. The smallest absolute Gasteiger partial charge is 0.153 e.